The molecule has 0 aromatic rings. The van der Waals surface area contributed by atoms with Crippen molar-refractivity contribution in [1.82, 2.24) is 10.6 Å². The number of unbranched alkanes of at least 4 members (excludes halogenated alkanes) is 1. The Labute approximate surface area is 154 Å². The first-order chi connectivity index (χ1) is 12.4. The molecule has 5 nitrogen and oxygen atoms in total. The Morgan fingerprint density at radius 2 is 1.60 bits per heavy atom. The fourth-order valence-electron chi connectivity index (χ4n) is 3.23. The first-order valence-electron chi connectivity index (χ1n) is 10.5. The van der Waals surface area contributed by atoms with Gasteiger partial charge in [-0.3, -0.25) is 4.99 Å². The minimum atomic E-state index is 0.520. The number of rotatable bonds is 12. The van der Waals surface area contributed by atoms with Gasteiger partial charge >= 0.3 is 0 Å². The molecule has 0 radical (unpaired) electrons. The van der Waals surface area contributed by atoms with E-state index in [2.05, 4.69) is 15.6 Å². The number of ether oxygens (including phenoxy) is 2. The van der Waals surface area contributed by atoms with Crippen LogP contribution in [0.15, 0.2) is 4.99 Å². The molecule has 0 amide bonds. The van der Waals surface area contributed by atoms with Gasteiger partial charge in [-0.25, -0.2) is 0 Å². The molecule has 0 spiro atoms. The zero-order valence-electron chi connectivity index (χ0n) is 16.2. The first kappa shape index (κ1) is 20.5. The van der Waals surface area contributed by atoms with Crippen molar-refractivity contribution in [3.63, 3.8) is 0 Å². The maximum absolute atomic E-state index is 6.03. The Bertz CT molecular complexity index is 351. The maximum Gasteiger partial charge on any atom is 0.190 e. The molecule has 0 heterocycles. The largest absolute Gasteiger partial charge is 0.381 e. The highest BCUT2D eigenvalue weighted by molar-refractivity contribution is 5.79. The van der Waals surface area contributed by atoms with Gasteiger partial charge < -0.3 is 20.1 Å². The van der Waals surface area contributed by atoms with E-state index in [1.165, 1.54) is 51.4 Å². The van der Waals surface area contributed by atoms with Crippen LogP contribution in [0.1, 0.15) is 70.6 Å². The fourth-order valence-corrected chi connectivity index (χ4v) is 3.23. The number of nitrogens with one attached hydrogen (secondary N) is 2. The molecular weight excluding hydrogens is 314 g/mol. The average molecular weight is 354 g/mol. The molecule has 2 rings (SSSR count). The monoisotopic (exact) mass is 353 g/mol. The van der Waals surface area contributed by atoms with Gasteiger partial charge in [-0.1, -0.05) is 25.7 Å². The van der Waals surface area contributed by atoms with Crippen molar-refractivity contribution in [3.8, 4) is 0 Å². The lowest BCUT2D eigenvalue weighted by Crippen LogP contribution is -2.38. The van der Waals surface area contributed by atoms with Crippen LogP contribution in [-0.2, 0) is 9.47 Å². The third kappa shape index (κ3) is 10.7. The highest BCUT2D eigenvalue weighted by atomic mass is 16.5. The second-order valence-corrected chi connectivity index (χ2v) is 7.49. The molecule has 2 N–H and O–H groups in total. The van der Waals surface area contributed by atoms with E-state index in [-0.39, 0.29) is 0 Å². The second-order valence-electron chi connectivity index (χ2n) is 7.49. The third-order valence-corrected chi connectivity index (χ3v) is 5.05. The minimum Gasteiger partial charge on any atom is -0.381 e. The van der Waals surface area contributed by atoms with E-state index in [0.717, 1.165) is 64.1 Å². The van der Waals surface area contributed by atoms with Gasteiger partial charge in [0.1, 0.15) is 0 Å². The summed E-state index contributed by atoms with van der Waals surface area (Å²) >= 11 is 0. The predicted molar refractivity (Wildman–Crippen MR) is 104 cm³/mol. The van der Waals surface area contributed by atoms with Crippen molar-refractivity contribution in [2.75, 3.05) is 40.0 Å². The van der Waals surface area contributed by atoms with Gasteiger partial charge in [0.25, 0.3) is 0 Å². The topological polar surface area (TPSA) is 54.9 Å². The molecule has 0 bridgehead atoms. The second kappa shape index (κ2) is 13.4. The highest BCUT2D eigenvalue weighted by Gasteiger charge is 2.20. The lowest BCUT2D eigenvalue weighted by molar-refractivity contribution is 0.0411. The van der Waals surface area contributed by atoms with Crippen molar-refractivity contribution >= 4 is 5.96 Å². The summed E-state index contributed by atoms with van der Waals surface area (Å²) in [6.45, 7) is 4.56. The Morgan fingerprint density at radius 1 is 0.880 bits per heavy atom. The molecule has 0 atom stereocenters. The van der Waals surface area contributed by atoms with E-state index in [0.29, 0.717) is 6.10 Å². The standard InChI is InChI=1S/C20H39N3O2/c1-21-20(23-14-8-15-24-17-18-11-12-18)22-13-6-7-16-25-19-9-4-2-3-5-10-19/h18-19H,2-17H2,1H3,(H2,21,22,23). The summed E-state index contributed by atoms with van der Waals surface area (Å²) in [4.78, 5) is 4.27. The molecule has 2 fully saturated rings. The molecule has 2 aliphatic carbocycles. The molecule has 0 aliphatic heterocycles. The van der Waals surface area contributed by atoms with Crippen LogP contribution in [0, 0.1) is 5.92 Å². The van der Waals surface area contributed by atoms with Crippen molar-refractivity contribution in [1.29, 1.82) is 0 Å². The summed E-state index contributed by atoms with van der Waals surface area (Å²) in [5, 5.41) is 6.73. The maximum atomic E-state index is 6.03. The third-order valence-electron chi connectivity index (χ3n) is 5.05. The summed E-state index contributed by atoms with van der Waals surface area (Å²) in [5.41, 5.74) is 0. The Kier molecular flexibility index (Phi) is 11.0. The quantitative estimate of drug-likeness (QED) is 0.244. The van der Waals surface area contributed by atoms with Crippen molar-refractivity contribution in [2.45, 2.75) is 76.7 Å². The number of hydrogen-bond donors (Lipinski definition) is 2. The van der Waals surface area contributed by atoms with Crippen LogP contribution in [-0.4, -0.2) is 52.0 Å². The predicted octanol–water partition coefficient (Wildman–Crippen LogP) is 3.49. The molecule has 5 heteroatoms. The fraction of sp³-hybridized carbons (Fsp3) is 0.950. The summed E-state index contributed by atoms with van der Waals surface area (Å²) in [7, 11) is 1.83. The van der Waals surface area contributed by atoms with E-state index in [4.69, 9.17) is 9.47 Å². The van der Waals surface area contributed by atoms with Gasteiger partial charge in [0, 0.05) is 40.0 Å². The summed E-state index contributed by atoms with van der Waals surface area (Å²) < 4.78 is 11.7. The smallest absolute Gasteiger partial charge is 0.190 e. The molecule has 0 saturated heterocycles. The van der Waals surface area contributed by atoms with Gasteiger partial charge in [0.05, 0.1) is 6.10 Å². The van der Waals surface area contributed by atoms with Crippen LogP contribution in [0.5, 0.6) is 0 Å². The van der Waals surface area contributed by atoms with Crippen LogP contribution in [0.2, 0.25) is 0 Å². The number of hydrogen-bond acceptors (Lipinski definition) is 3. The molecule has 146 valence electrons. The summed E-state index contributed by atoms with van der Waals surface area (Å²) in [6, 6.07) is 0. The Morgan fingerprint density at radius 3 is 2.28 bits per heavy atom. The van der Waals surface area contributed by atoms with Crippen molar-refractivity contribution in [2.24, 2.45) is 10.9 Å². The molecule has 25 heavy (non-hydrogen) atoms. The van der Waals surface area contributed by atoms with Crippen LogP contribution in [0.3, 0.4) is 0 Å². The van der Waals surface area contributed by atoms with Crippen molar-refractivity contribution < 1.29 is 9.47 Å². The van der Waals surface area contributed by atoms with Crippen LogP contribution < -0.4 is 10.6 Å². The lowest BCUT2D eigenvalue weighted by atomic mass is 10.1. The van der Waals surface area contributed by atoms with Gasteiger partial charge in [-0.2, -0.15) is 0 Å². The van der Waals surface area contributed by atoms with E-state index in [9.17, 15) is 0 Å². The zero-order valence-corrected chi connectivity index (χ0v) is 16.2. The summed E-state index contributed by atoms with van der Waals surface area (Å²) in [5.74, 6) is 1.75. The van der Waals surface area contributed by atoms with Gasteiger partial charge in [-0.05, 0) is 50.9 Å². The zero-order chi connectivity index (χ0) is 17.6. The highest BCUT2D eigenvalue weighted by Crippen LogP contribution is 2.28. The van der Waals surface area contributed by atoms with E-state index in [1.807, 2.05) is 7.05 Å². The average Bonchev–Trinajstić information content (AvgIpc) is 3.46. The Balaban J connectivity index is 1.37. The summed E-state index contributed by atoms with van der Waals surface area (Å²) in [6.07, 6.45) is 14.5. The lowest BCUT2D eigenvalue weighted by Gasteiger charge is -2.15. The molecule has 2 saturated carbocycles. The SMILES string of the molecule is CN=C(NCCCCOC1CCCCCC1)NCCCOCC1CC1. The van der Waals surface area contributed by atoms with Crippen LogP contribution in [0.4, 0.5) is 0 Å². The number of nitrogens with zero attached hydrogens (tertiary/aromatic N) is 1. The van der Waals surface area contributed by atoms with E-state index < -0.39 is 0 Å². The van der Waals surface area contributed by atoms with E-state index in [1.54, 1.807) is 0 Å². The van der Waals surface area contributed by atoms with Gasteiger partial charge in [0.2, 0.25) is 0 Å². The first-order valence-corrected chi connectivity index (χ1v) is 10.5. The molecule has 2 aliphatic rings. The molecule has 0 aromatic heterocycles. The number of aliphatic imine (C=N–C) groups is 1. The van der Waals surface area contributed by atoms with Gasteiger partial charge in [-0.15, -0.1) is 0 Å². The van der Waals surface area contributed by atoms with E-state index >= 15 is 0 Å². The van der Waals surface area contributed by atoms with Crippen molar-refractivity contribution in [3.05, 3.63) is 0 Å². The molecule has 0 unspecified atom stereocenters. The van der Waals surface area contributed by atoms with Crippen LogP contribution >= 0.6 is 0 Å². The normalized spacial score (nSPS) is 19.6. The van der Waals surface area contributed by atoms with Gasteiger partial charge in [0.15, 0.2) is 5.96 Å². The molecular formula is C20H39N3O2. The van der Waals surface area contributed by atoms with Crippen LogP contribution in [0.25, 0.3) is 0 Å². The number of guanidine groups is 1. The molecule has 0 aromatic carbocycles. The minimum absolute atomic E-state index is 0.520. The Hall–Kier alpha value is -0.810.